The number of nitrogens with zero attached hydrogens (tertiary/aromatic N) is 3. The highest BCUT2D eigenvalue weighted by Crippen LogP contribution is 2.28. The Morgan fingerprint density at radius 3 is 2.58 bits per heavy atom. The monoisotopic (exact) mass is 376 g/mol. The standard InChI is InChI=1S/C19H28N4O2S/c1-5-7-13-23-17(15-8-10-16(25-4)11-9-15)21-22-19(23)26-14(3)18(24)20-12-6-2/h8-11,14H,5-7,12-13H2,1-4H3,(H,20,24). The van der Waals surface area contributed by atoms with E-state index in [1.54, 1.807) is 7.11 Å². The van der Waals surface area contributed by atoms with Crippen molar-refractivity contribution in [1.82, 2.24) is 20.1 Å². The molecule has 0 bridgehead atoms. The van der Waals surface area contributed by atoms with E-state index in [1.807, 2.05) is 38.1 Å². The van der Waals surface area contributed by atoms with Crippen LogP contribution in [-0.2, 0) is 11.3 Å². The first-order chi connectivity index (χ1) is 12.6. The lowest BCUT2D eigenvalue weighted by Crippen LogP contribution is -2.31. The lowest BCUT2D eigenvalue weighted by molar-refractivity contribution is -0.120. The van der Waals surface area contributed by atoms with Gasteiger partial charge in [-0.05, 0) is 44.0 Å². The average Bonchev–Trinajstić information content (AvgIpc) is 3.06. The molecule has 1 heterocycles. The fraction of sp³-hybridized carbons (Fsp3) is 0.526. The van der Waals surface area contributed by atoms with Gasteiger partial charge >= 0.3 is 0 Å². The molecule has 0 radical (unpaired) electrons. The zero-order valence-corrected chi connectivity index (χ0v) is 16.8. The molecule has 0 saturated carbocycles. The predicted octanol–water partition coefficient (Wildman–Crippen LogP) is 3.76. The van der Waals surface area contributed by atoms with Crippen LogP contribution < -0.4 is 10.1 Å². The van der Waals surface area contributed by atoms with Gasteiger partial charge in [0.05, 0.1) is 12.4 Å². The molecule has 0 saturated heterocycles. The Morgan fingerprint density at radius 1 is 1.23 bits per heavy atom. The number of aromatic nitrogens is 3. The number of hydrogen-bond acceptors (Lipinski definition) is 5. The Morgan fingerprint density at radius 2 is 1.96 bits per heavy atom. The first-order valence-corrected chi connectivity index (χ1v) is 10.0. The molecule has 2 aromatic rings. The van der Waals surface area contributed by atoms with E-state index in [1.165, 1.54) is 11.8 Å². The second kappa shape index (κ2) is 10.2. The minimum atomic E-state index is -0.213. The van der Waals surface area contributed by atoms with E-state index in [-0.39, 0.29) is 11.2 Å². The molecule has 1 unspecified atom stereocenters. The van der Waals surface area contributed by atoms with E-state index in [4.69, 9.17) is 4.74 Å². The highest BCUT2D eigenvalue weighted by molar-refractivity contribution is 8.00. The summed E-state index contributed by atoms with van der Waals surface area (Å²) >= 11 is 1.45. The van der Waals surface area contributed by atoms with E-state index in [2.05, 4.69) is 27.0 Å². The predicted molar refractivity (Wildman–Crippen MR) is 106 cm³/mol. The summed E-state index contributed by atoms with van der Waals surface area (Å²) in [5, 5.41) is 12.2. The van der Waals surface area contributed by atoms with Gasteiger partial charge in [-0.15, -0.1) is 10.2 Å². The number of ether oxygens (including phenoxy) is 1. The SMILES string of the molecule is CCCCn1c(SC(C)C(=O)NCCC)nnc1-c1ccc(OC)cc1. The van der Waals surface area contributed by atoms with Crippen molar-refractivity contribution in [3.63, 3.8) is 0 Å². The second-order valence-electron chi connectivity index (χ2n) is 6.09. The molecule has 142 valence electrons. The summed E-state index contributed by atoms with van der Waals surface area (Å²) in [4.78, 5) is 12.2. The van der Waals surface area contributed by atoms with Gasteiger partial charge in [0, 0.05) is 18.7 Å². The zero-order chi connectivity index (χ0) is 18.9. The number of methoxy groups -OCH3 is 1. The molecule has 7 heteroatoms. The van der Waals surface area contributed by atoms with Gasteiger partial charge in [0.2, 0.25) is 5.91 Å². The molecule has 1 aromatic carbocycles. The molecule has 6 nitrogen and oxygen atoms in total. The maximum absolute atomic E-state index is 12.2. The van der Waals surface area contributed by atoms with Crippen LogP contribution in [0.3, 0.4) is 0 Å². The Labute approximate surface area is 159 Å². The van der Waals surface area contributed by atoms with Crippen LogP contribution in [-0.4, -0.2) is 39.6 Å². The first kappa shape index (κ1) is 20.3. The van der Waals surface area contributed by atoms with Crippen molar-refractivity contribution in [2.24, 2.45) is 0 Å². The lowest BCUT2D eigenvalue weighted by atomic mass is 10.2. The summed E-state index contributed by atoms with van der Waals surface area (Å²) < 4.78 is 7.34. The average molecular weight is 377 g/mol. The van der Waals surface area contributed by atoms with Crippen LogP contribution in [0, 0.1) is 0 Å². The molecule has 1 N–H and O–H groups in total. The molecule has 26 heavy (non-hydrogen) atoms. The zero-order valence-electron chi connectivity index (χ0n) is 16.0. The van der Waals surface area contributed by atoms with E-state index in [9.17, 15) is 4.79 Å². The van der Waals surface area contributed by atoms with Crippen molar-refractivity contribution >= 4 is 17.7 Å². The fourth-order valence-corrected chi connectivity index (χ4v) is 3.35. The Hall–Kier alpha value is -2.02. The molecule has 0 aliphatic rings. The summed E-state index contributed by atoms with van der Waals surface area (Å²) in [5.74, 6) is 1.67. The number of carbonyl (C=O) groups is 1. The van der Waals surface area contributed by atoms with Gasteiger partial charge in [0.15, 0.2) is 11.0 Å². The van der Waals surface area contributed by atoms with Crippen LogP contribution in [0.15, 0.2) is 29.4 Å². The summed E-state index contributed by atoms with van der Waals surface area (Å²) in [6.45, 7) is 7.63. The van der Waals surface area contributed by atoms with Crippen molar-refractivity contribution in [1.29, 1.82) is 0 Å². The summed E-state index contributed by atoms with van der Waals surface area (Å²) in [7, 11) is 1.65. The second-order valence-corrected chi connectivity index (χ2v) is 7.40. The van der Waals surface area contributed by atoms with E-state index in [0.29, 0.717) is 6.54 Å². The van der Waals surface area contributed by atoms with Crippen LogP contribution in [0.25, 0.3) is 11.4 Å². The van der Waals surface area contributed by atoms with E-state index < -0.39 is 0 Å². The molecule has 0 fully saturated rings. The molecule has 1 aromatic heterocycles. The number of benzene rings is 1. The molecule has 2 rings (SSSR count). The quantitative estimate of drug-likeness (QED) is 0.640. The van der Waals surface area contributed by atoms with Crippen LogP contribution in [0.5, 0.6) is 5.75 Å². The summed E-state index contributed by atoms with van der Waals surface area (Å²) in [6.07, 6.45) is 3.04. The van der Waals surface area contributed by atoms with Crippen LogP contribution in [0.2, 0.25) is 0 Å². The highest BCUT2D eigenvalue weighted by atomic mass is 32.2. The Kier molecular flexibility index (Phi) is 7.97. The van der Waals surface area contributed by atoms with Gasteiger partial charge in [-0.25, -0.2) is 0 Å². The van der Waals surface area contributed by atoms with Crippen molar-refractivity contribution in [3.8, 4) is 17.1 Å². The first-order valence-electron chi connectivity index (χ1n) is 9.12. The van der Waals surface area contributed by atoms with Gasteiger partial charge in [-0.3, -0.25) is 4.79 Å². The maximum Gasteiger partial charge on any atom is 0.233 e. The van der Waals surface area contributed by atoms with Gasteiger partial charge in [-0.1, -0.05) is 32.0 Å². The van der Waals surface area contributed by atoms with Gasteiger partial charge in [0.1, 0.15) is 5.75 Å². The third kappa shape index (κ3) is 5.24. The normalized spacial score (nSPS) is 12.0. The number of unbranched alkanes of at least 4 members (excludes halogenated alkanes) is 1. The van der Waals surface area contributed by atoms with Gasteiger partial charge in [0.25, 0.3) is 0 Å². The van der Waals surface area contributed by atoms with Crippen molar-refractivity contribution in [2.45, 2.75) is 57.0 Å². The minimum absolute atomic E-state index is 0.0351. The third-order valence-electron chi connectivity index (χ3n) is 4.00. The molecular formula is C19H28N4O2S. The van der Waals surface area contributed by atoms with Gasteiger partial charge in [-0.2, -0.15) is 0 Å². The Bertz CT molecular complexity index is 700. The Balaban J connectivity index is 2.23. The fourth-order valence-electron chi connectivity index (χ4n) is 2.45. The molecular weight excluding hydrogens is 348 g/mol. The van der Waals surface area contributed by atoms with Crippen molar-refractivity contribution in [3.05, 3.63) is 24.3 Å². The number of rotatable bonds is 10. The van der Waals surface area contributed by atoms with Crippen molar-refractivity contribution in [2.75, 3.05) is 13.7 Å². The number of hydrogen-bond donors (Lipinski definition) is 1. The smallest absolute Gasteiger partial charge is 0.233 e. The highest BCUT2D eigenvalue weighted by Gasteiger charge is 2.20. The minimum Gasteiger partial charge on any atom is -0.497 e. The summed E-state index contributed by atoms with van der Waals surface area (Å²) in [6, 6.07) is 7.80. The lowest BCUT2D eigenvalue weighted by Gasteiger charge is -2.13. The molecule has 0 aliphatic heterocycles. The third-order valence-corrected chi connectivity index (χ3v) is 5.08. The summed E-state index contributed by atoms with van der Waals surface area (Å²) in [5.41, 5.74) is 0.990. The largest absolute Gasteiger partial charge is 0.497 e. The van der Waals surface area contributed by atoms with Crippen LogP contribution in [0.4, 0.5) is 0 Å². The molecule has 0 aliphatic carbocycles. The van der Waals surface area contributed by atoms with E-state index in [0.717, 1.165) is 48.1 Å². The number of thioether (sulfide) groups is 1. The topological polar surface area (TPSA) is 69.0 Å². The molecule has 1 amide bonds. The van der Waals surface area contributed by atoms with E-state index >= 15 is 0 Å². The number of nitrogens with one attached hydrogen (secondary N) is 1. The van der Waals surface area contributed by atoms with Gasteiger partial charge < -0.3 is 14.6 Å². The number of carbonyl (C=O) groups excluding carboxylic acids is 1. The molecule has 1 atom stereocenters. The van der Waals surface area contributed by atoms with Crippen LogP contribution >= 0.6 is 11.8 Å². The van der Waals surface area contributed by atoms with Crippen molar-refractivity contribution < 1.29 is 9.53 Å². The number of amides is 1. The maximum atomic E-state index is 12.2. The van der Waals surface area contributed by atoms with Crippen LogP contribution in [0.1, 0.15) is 40.0 Å². The molecule has 0 spiro atoms.